The minimum Gasteiger partial charge on any atom is -0.313 e. The molecule has 0 saturated carbocycles. The molecule has 5 nitrogen and oxygen atoms in total. The van der Waals surface area contributed by atoms with Crippen molar-refractivity contribution in [1.82, 2.24) is 10.0 Å². The molecule has 1 unspecified atom stereocenters. The van der Waals surface area contributed by atoms with Gasteiger partial charge in [0.25, 0.3) is 0 Å². The molecule has 1 aromatic heterocycles. The van der Waals surface area contributed by atoms with Gasteiger partial charge in [0.1, 0.15) is 5.71 Å². The van der Waals surface area contributed by atoms with E-state index < -0.39 is 5.95 Å². The number of hydrogen-bond acceptors (Lipinski definition) is 4. The Bertz CT molecular complexity index is 661. The van der Waals surface area contributed by atoms with Gasteiger partial charge in [0.2, 0.25) is 5.95 Å². The summed E-state index contributed by atoms with van der Waals surface area (Å²) >= 11 is 0. The molecule has 1 N–H and O–H groups in total. The molecule has 1 fully saturated rings. The molecule has 136 valence electrons. The van der Waals surface area contributed by atoms with Crippen molar-refractivity contribution in [1.29, 1.82) is 0 Å². The largest absolute Gasteiger partial charge is 0.313 e. The molecule has 1 aliphatic rings. The van der Waals surface area contributed by atoms with Gasteiger partial charge < -0.3 is 5.21 Å². The van der Waals surface area contributed by atoms with Crippen LogP contribution >= 0.6 is 0 Å². The fraction of sp³-hybridized carbons (Fsp3) is 0.632. The smallest absolute Gasteiger partial charge is 0.212 e. The maximum absolute atomic E-state index is 13.0. The van der Waals surface area contributed by atoms with Gasteiger partial charge in [-0.15, -0.1) is 4.95 Å². The third kappa shape index (κ3) is 5.07. The van der Waals surface area contributed by atoms with Crippen molar-refractivity contribution in [2.24, 2.45) is 11.0 Å². The highest BCUT2D eigenvalue weighted by atomic mass is 19.1. The Morgan fingerprint density at radius 3 is 2.72 bits per heavy atom. The molecule has 2 rings (SSSR count). The van der Waals surface area contributed by atoms with Crippen LogP contribution in [0.25, 0.3) is 4.95 Å². The Hall–Kier alpha value is -1.84. The molecule has 2 heterocycles. The summed E-state index contributed by atoms with van der Waals surface area (Å²) < 4.78 is 13.0. The van der Waals surface area contributed by atoms with E-state index in [1.54, 1.807) is 6.07 Å². The number of aromatic nitrogens is 1. The van der Waals surface area contributed by atoms with Crippen molar-refractivity contribution in [2.75, 3.05) is 0 Å². The van der Waals surface area contributed by atoms with E-state index in [-0.39, 0.29) is 11.1 Å². The molecule has 1 atom stereocenters. The average Bonchev–Trinajstić information content (AvgIpc) is 2.60. The SMILES string of the molecule is [C-]#[N+]/N=C(\Cc1ccc(F)nc1)CC1CCC(C)(C)N(O)C(C)(C)C1. The Labute approximate surface area is 149 Å². The molecule has 1 saturated heterocycles. The highest BCUT2D eigenvalue weighted by Gasteiger charge is 2.42. The Morgan fingerprint density at radius 2 is 2.12 bits per heavy atom. The lowest BCUT2D eigenvalue weighted by atomic mass is 9.85. The average molecular weight is 346 g/mol. The summed E-state index contributed by atoms with van der Waals surface area (Å²) in [6.45, 7) is 15.3. The first-order chi connectivity index (χ1) is 11.6. The number of halogens is 1. The van der Waals surface area contributed by atoms with Crippen LogP contribution < -0.4 is 0 Å². The maximum atomic E-state index is 13.0. The molecule has 0 radical (unpaired) electrons. The molecule has 25 heavy (non-hydrogen) atoms. The van der Waals surface area contributed by atoms with Gasteiger partial charge in [-0.25, -0.2) is 4.98 Å². The molecule has 1 aromatic rings. The summed E-state index contributed by atoms with van der Waals surface area (Å²) in [4.78, 5) is 6.87. The lowest BCUT2D eigenvalue weighted by molar-refractivity contribution is -0.221. The molecular weight excluding hydrogens is 319 g/mol. The summed E-state index contributed by atoms with van der Waals surface area (Å²) in [5.41, 5.74) is 1.01. The zero-order chi connectivity index (χ0) is 18.7. The van der Waals surface area contributed by atoms with Crippen LogP contribution in [-0.4, -0.2) is 32.0 Å². The van der Waals surface area contributed by atoms with E-state index in [4.69, 9.17) is 6.57 Å². The number of hydrogen-bond donors (Lipinski definition) is 1. The van der Waals surface area contributed by atoms with Gasteiger partial charge in [-0.1, -0.05) is 6.07 Å². The van der Waals surface area contributed by atoms with Crippen molar-refractivity contribution in [3.8, 4) is 0 Å². The molecule has 0 spiro atoms. The lowest BCUT2D eigenvalue weighted by Gasteiger charge is -2.42. The Kier molecular flexibility index (Phi) is 5.91. The summed E-state index contributed by atoms with van der Waals surface area (Å²) in [5.74, 6) is -0.177. The van der Waals surface area contributed by atoms with Crippen LogP contribution in [0.5, 0.6) is 0 Å². The third-order valence-electron chi connectivity index (χ3n) is 5.01. The van der Waals surface area contributed by atoms with Crippen LogP contribution in [0.15, 0.2) is 23.4 Å². The van der Waals surface area contributed by atoms with E-state index in [2.05, 4.69) is 28.9 Å². The van der Waals surface area contributed by atoms with Crippen LogP contribution in [0.4, 0.5) is 4.39 Å². The zero-order valence-corrected chi connectivity index (χ0v) is 15.5. The van der Waals surface area contributed by atoms with Gasteiger partial charge in [0.05, 0.1) is 5.10 Å². The predicted molar refractivity (Wildman–Crippen MR) is 95.7 cm³/mol. The predicted octanol–water partition coefficient (Wildman–Crippen LogP) is 4.48. The van der Waals surface area contributed by atoms with Crippen LogP contribution in [0.3, 0.4) is 0 Å². The molecule has 6 heteroatoms. The second-order valence-corrected chi connectivity index (χ2v) is 8.18. The monoisotopic (exact) mass is 346 g/mol. The van der Waals surface area contributed by atoms with Crippen LogP contribution in [-0.2, 0) is 6.42 Å². The van der Waals surface area contributed by atoms with E-state index in [1.807, 2.05) is 13.8 Å². The first-order valence-corrected chi connectivity index (χ1v) is 8.66. The van der Waals surface area contributed by atoms with Crippen molar-refractivity contribution in [3.05, 3.63) is 41.4 Å². The molecule has 0 bridgehead atoms. The first kappa shape index (κ1) is 19.5. The van der Waals surface area contributed by atoms with Crippen molar-refractivity contribution >= 4 is 5.71 Å². The zero-order valence-electron chi connectivity index (χ0n) is 15.5. The first-order valence-electron chi connectivity index (χ1n) is 8.66. The number of hydroxylamine groups is 2. The number of pyridine rings is 1. The molecule has 0 amide bonds. The molecule has 1 aliphatic heterocycles. The van der Waals surface area contributed by atoms with Crippen molar-refractivity contribution < 1.29 is 9.60 Å². The molecular formula is C19H27FN4O. The van der Waals surface area contributed by atoms with Crippen LogP contribution in [0.2, 0.25) is 0 Å². The van der Waals surface area contributed by atoms with E-state index >= 15 is 0 Å². The summed E-state index contributed by atoms with van der Waals surface area (Å²) in [5, 5.41) is 16.0. The van der Waals surface area contributed by atoms with Gasteiger partial charge in [-0.05, 0) is 70.9 Å². The topological polar surface area (TPSA) is 53.1 Å². The van der Waals surface area contributed by atoms with Gasteiger partial charge in [-0.3, -0.25) is 0 Å². The highest BCUT2D eigenvalue weighted by Crippen LogP contribution is 2.39. The second-order valence-electron chi connectivity index (χ2n) is 8.18. The molecule has 0 aliphatic carbocycles. The molecule has 0 aromatic carbocycles. The van der Waals surface area contributed by atoms with E-state index in [0.717, 1.165) is 30.5 Å². The Balaban J connectivity index is 2.12. The van der Waals surface area contributed by atoms with Gasteiger partial charge in [-0.2, -0.15) is 16.0 Å². The van der Waals surface area contributed by atoms with Crippen LogP contribution in [0, 0.1) is 18.4 Å². The van der Waals surface area contributed by atoms with Crippen LogP contribution in [0.1, 0.15) is 58.9 Å². The lowest BCUT2D eigenvalue weighted by Crippen LogP contribution is -2.52. The van der Waals surface area contributed by atoms with E-state index in [9.17, 15) is 9.60 Å². The van der Waals surface area contributed by atoms with E-state index in [0.29, 0.717) is 18.8 Å². The van der Waals surface area contributed by atoms with Crippen molar-refractivity contribution in [2.45, 2.75) is 70.9 Å². The van der Waals surface area contributed by atoms with Gasteiger partial charge in [0, 0.05) is 23.7 Å². The van der Waals surface area contributed by atoms with Gasteiger partial charge >= 0.3 is 0 Å². The fourth-order valence-corrected chi connectivity index (χ4v) is 3.85. The normalized spacial score (nSPS) is 23.7. The standard InChI is InChI=1S/C19H27FN4O/c1-18(2)9-8-14(12-19(3,4)24(18)25)10-16(23-21-5)11-15-6-7-17(20)22-13-15/h6-7,13-14,25H,8-12H2,1-4H3/b23-16-. The third-order valence-corrected chi connectivity index (χ3v) is 5.01. The summed E-state index contributed by atoms with van der Waals surface area (Å²) in [6.07, 6.45) is 5.36. The highest BCUT2D eigenvalue weighted by molar-refractivity contribution is 5.87. The van der Waals surface area contributed by atoms with E-state index in [1.165, 1.54) is 17.3 Å². The Morgan fingerprint density at radius 1 is 1.40 bits per heavy atom. The maximum Gasteiger partial charge on any atom is 0.212 e. The number of nitrogens with zero attached hydrogens (tertiary/aromatic N) is 4. The number of rotatable bonds is 4. The minimum atomic E-state index is -0.511. The quantitative estimate of drug-likeness (QED) is 0.378. The fourth-order valence-electron chi connectivity index (χ4n) is 3.85. The van der Waals surface area contributed by atoms with Gasteiger partial charge in [0.15, 0.2) is 0 Å². The second kappa shape index (κ2) is 7.59. The van der Waals surface area contributed by atoms with Crippen molar-refractivity contribution in [3.63, 3.8) is 0 Å². The summed E-state index contributed by atoms with van der Waals surface area (Å²) in [6, 6.07) is 3.00. The summed E-state index contributed by atoms with van der Waals surface area (Å²) in [7, 11) is 0. The minimum absolute atomic E-state index is 0.282.